The first kappa shape index (κ1) is 17.1. The maximum atomic E-state index is 12.8. The smallest absolute Gasteiger partial charge is 0.311 e. The minimum atomic E-state index is -0.856. The zero-order valence-electron chi connectivity index (χ0n) is 14.6. The Kier molecular flexibility index (Phi) is 4.32. The molecule has 1 fully saturated rings. The number of carbonyl (C=O) groups is 2. The number of hydrogen-bond acceptors (Lipinski definition) is 4. The summed E-state index contributed by atoms with van der Waals surface area (Å²) in [5.74, 6) is -0.980. The number of carbonyl (C=O) groups excluding carboxylic acids is 1. The van der Waals surface area contributed by atoms with Crippen LogP contribution in [0.3, 0.4) is 0 Å². The number of aliphatic carboxylic acids is 1. The molecule has 0 saturated carbocycles. The van der Waals surface area contributed by atoms with Crippen molar-refractivity contribution in [2.75, 3.05) is 13.1 Å². The van der Waals surface area contributed by atoms with Gasteiger partial charge < -0.3 is 10.0 Å². The van der Waals surface area contributed by atoms with Crippen molar-refractivity contribution in [3.63, 3.8) is 0 Å². The molecule has 1 aromatic carbocycles. The van der Waals surface area contributed by atoms with Crippen molar-refractivity contribution >= 4 is 11.9 Å². The highest BCUT2D eigenvalue weighted by molar-refractivity contribution is 5.95. The number of amides is 1. The summed E-state index contributed by atoms with van der Waals surface area (Å²) in [4.78, 5) is 30.2. The molecule has 7 heteroatoms. The lowest BCUT2D eigenvalue weighted by atomic mass is 9.76. The quantitative estimate of drug-likeness (QED) is 0.920. The fourth-order valence-electron chi connectivity index (χ4n) is 3.46. The number of nitrogens with zero attached hydrogens (tertiary/aromatic N) is 4. The molecule has 0 aliphatic carbocycles. The lowest BCUT2D eigenvalue weighted by Gasteiger charge is -2.28. The fraction of sp³-hybridized carbons (Fsp3) is 0.444. The van der Waals surface area contributed by atoms with Crippen LogP contribution in [0.5, 0.6) is 0 Å². The molecule has 1 aromatic heterocycles. The second kappa shape index (κ2) is 6.31. The normalized spacial score (nSPS) is 20.2. The van der Waals surface area contributed by atoms with Crippen molar-refractivity contribution in [1.82, 2.24) is 19.7 Å². The van der Waals surface area contributed by atoms with Crippen LogP contribution >= 0.6 is 0 Å². The van der Waals surface area contributed by atoms with Crippen LogP contribution in [-0.4, -0.2) is 49.7 Å². The molecular weight excluding hydrogens is 320 g/mol. The van der Waals surface area contributed by atoms with Gasteiger partial charge in [0.25, 0.3) is 5.91 Å². The molecule has 25 heavy (non-hydrogen) atoms. The molecule has 1 N–H and O–H groups in total. The molecule has 3 rings (SSSR count). The molecule has 0 spiro atoms. The molecule has 1 aliphatic rings. The number of rotatable bonds is 4. The summed E-state index contributed by atoms with van der Waals surface area (Å²) in [6.45, 7) is 6.43. The minimum absolute atomic E-state index is 0.0285. The van der Waals surface area contributed by atoms with Crippen LogP contribution in [0.1, 0.15) is 36.2 Å². The number of carboxylic acid groups (broad SMARTS) is 1. The third-order valence-electron chi connectivity index (χ3n) is 5.23. The zero-order valence-corrected chi connectivity index (χ0v) is 14.6. The van der Waals surface area contributed by atoms with Crippen molar-refractivity contribution < 1.29 is 14.7 Å². The van der Waals surface area contributed by atoms with E-state index in [9.17, 15) is 14.7 Å². The van der Waals surface area contributed by atoms with Gasteiger partial charge in [-0.2, -0.15) is 5.10 Å². The predicted octanol–water partition coefficient (Wildman–Crippen LogP) is 2.15. The Bertz CT molecular complexity index is 801. The second-order valence-electron chi connectivity index (χ2n) is 6.93. The van der Waals surface area contributed by atoms with Crippen molar-refractivity contribution in [1.29, 1.82) is 0 Å². The van der Waals surface area contributed by atoms with Gasteiger partial charge >= 0.3 is 5.97 Å². The van der Waals surface area contributed by atoms with Gasteiger partial charge in [-0.15, -0.1) is 0 Å². The summed E-state index contributed by atoms with van der Waals surface area (Å²) in [6, 6.07) is 5.40. The molecular formula is C18H22N4O3. The first-order valence-electron chi connectivity index (χ1n) is 8.33. The number of aryl methyl sites for hydroxylation is 1. The topological polar surface area (TPSA) is 88.3 Å². The Balaban J connectivity index is 1.83. The van der Waals surface area contributed by atoms with Crippen molar-refractivity contribution in [3.05, 3.63) is 42.0 Å². The third kappa shape index (κ3) is 2.90. The lowest BCUT2D eigenvalue weighted by Crippen LogP contribution is -2.40. The van der Waals surface area contributed by atoms with E-state index in [1.165, 1.54) is 6.33 Å². The first-order chi connectivity index (χ1) is 11.8. The molecule has 132 valence electrons. The van der Waals surface area contributed by atoms with Gasteiger partial charge in [0.1, 0.15) is 12.7 Å². The summed E-state index contributed by atoms with van der Waals surface area (Å²) in [6.07, 6.45) is 3.55. The molecule has 1 amide bonds. The largest absolute Gasteiger partial charge is 0.481 e. The monoisotopic (exact) mass is 342 g/mol. The maximum Gasteiger partial charge on any atom is 0.311 e. The summed E-state index contributed by atoms with van der Waals surface area (Å²) in [7, 11) is 0. The molecule has 0 radical (unpaired) electrons. The van der Waals surface area contributed by atoms with Crippen LogP contribution < -0.4 is 0 Å². The summed E-state index contributed by atoms with van der Waals surface area (Å²) in [5.41, 5.74) is 1.47. The fourth-order valence-corrected chi connectivity index (χ4v) is 3.46. The van der Waals surface area contributed by atoms with E-state index in [1.807, 2.05) is 32.9 Å². The van der Waals surface area contributed by atoms with E-state index in [0.29, 0.717) is 18.5 Å². The van der Waals surface area contributed by atoms with Gasteiger partial charge in [-0.3, -0.25) is 9.59 Å². The van der Waals surface area contributed by atoms with Gasteiger partial charge in [-0.25, -0.2) is 9.67 Å². The highest BCUT2D eigenvalue weighted by Crippen LogP contribution is 2.38. The molecule has 2 aromatic rings. The number of hydrogen-bond donors (Lipinski definition) is 1. The van der Waals surface area contributed by atoms with Crippen molar-refractivity contribution in [2.24, 2.45) is 11.3 Å². The number of carboxylic acids is 1. The van der Waals surface area contributed by atoms with Gasteiger partial charge in [-0.05, 0) is 43.0 Å². The molecule has 1 saturated heterocycles. The predicted molar refractivity (Wildman–Crippen MR) is 91.5 cm³/mol. The molecule has 7 nitrogen and oxygen atoms in total. The van der Waals surface area contributed by atoms with Gasteiger partial charge in [0.15, 0.2) is 0 Å². The van der Waals surface area contributed by atoms with Gasteiger partial charge in [0, 0.05) is 18.7 Å². The number of benzene rings is 1. The van der Waals surface area contributed by atoms with Crippen LogP contribution in [0.4, 0.5) is 0 Å². The van der Waals surface area contributed by atoms with E-state index < -0.39 is 11.4 Å². The van der Waals surface area contributed by atoms with Gasteiger partial charge in [-0.1, -0.05) is 13.8 Å². The van der Waals surface area contributed by atoms with Crippen LogP contribution in [0.25, 0.3) is 5.69 Å². The number of likely N-dealkylation sites (tertiary alicyclic amines) is 1. The van der Waals surface area contributed by atoms with Crippen LogP contribution in [-0.2, 0) is 4.79 Å². The Morgan fingerprint density at radius 2 is 2.08 bits per heavy atom. The highest BCUT2D eigenvalue weighted by atomic mass is 16.4. The number of aromatic nitrogens is 3. The summed E-state index contributed by atoms with van der Waals surface area (Å²) in [5, 5.41) is 13.7. The van der Waals surface area contributed by atoms with Gasteiger partial charge in [0.05, 0.1) is 11.1 Å². The highest BCUT2D eigenvalue weighted by Gasteiger charge is 2.48. The Hall–Kier alpha value is -2.70. The SMILES string of the molecule is Cc1cc(C(=O)N2CCC(C(=O)O)(C(C)C)C2)ccc1-n1cncn1. The molecule has 1 atom stereocenters. The molecule has 1 unspecified atom stereocenters. The average molecular weight is 342 g/mol. The standard InChI is InChI=1S/C18H22N4O3/c1-12(2)18(17(24)25)6-7-21(9-18)16(23)14-4-5-15(13(3)8-14)22-11-19-10-20-22/h4-5,8,10-12H,6-7,9H2,1-3H3,(H,24,25). The average Bonchev–Trinajstić information content (AvgIpc) is 3.24. The van der Waals surface area contributed by atoms with E-state index in [2.05, 4.69) is 10.1 Å². The third-order valence-corrected chi connectivity index (χ3v) is 5.23. The van der Waals surface area contributed by atoms with E-state index >= 15 is 0 Å². The van der Waals surface area contributed by atoms with Crippen molar-refractivity contribution in [3.8, 4) is 5.69 Å². The van der Waals surface area contributed by atoms with Crippen LogP contribution in [0.15, 0.2) is 30.9 Å². The van der Waals surface area contributed by atoms with E-state index in [4.69, 9.17) is 0 Å². The van der Waals surface area contributed by atoms with Crippen molar-refractivity contribution in [2.45, 2.75) is 27.2 Å². The summed E-state index contributed by atoms with van der Waals surface area (Å²) < 4.78 is 1.65. The summed E-state index contributed by atoms with van der Waals surface area (Å²) >= 11 is 0. The van der Waals surface area contributed by atoms with E-state index in [-0.39, 0.29) is 18.4 Å². The second-order valence-corrected chi connectivity index (χ2v) is 6.93. The Morgan fingerprint density at radius 3 is 2.60 bits per heavy atom. The van der Waals surface area contributed by atoms with Gasteiger partial charge in [0.2, 0.25) is 0 Å². The molecule has 0 bridgehead atoms. The zero-order chi connectivity index (χ0) is 18.2. The Morgan fingerprint density at radius 1 is 1.32 bits per heavy atom. The van der Waals surface area contributed by atoms with E-state index in [1.54, 1.807) is 22.0 Å². The van der Waals surface area contributed by atoms with Crippen LogP contribution in [0, 0.1) is 18.3 Å². The first-order valence-corrected chi connectivity index (χ1v) is 8.33. The molecule has 2 heterocycles. The van der Waals surface area contributed by atoms with E-state index in [0.717, 1.165) is 11.3 Å². The van der Waals surface area contributed by atoms with Crippen LogP contribution in [0.2, 0.25) is 0 Å². The maximum absolute atomic E-state index is 12.8. The lowest BCUT2D eigenvalue weighted by molar-refractivity contribution is -0.150. The Labute approximate surface area is 146 Å². The molecule has 1 aliphatic heterocycles. The minimum Gasteiger partial charge on any atom is -0.481 e.